The summed E-state index contributed by atoms with van der Waals surface area (Å²) < 4.78 is 5.73. The molecule has 0 amide bonds. The van der Waals surface area contributed by atoms with Gasteiger partial charge < -0.3 is 10.5 Å². The number of rotatable bonds is 3. The van der Waals surface area contributed by atoms with Gasteiger partial charge in [-0.05, 0) is 24.6 Å². The Hall–Kier alpha value is -1.74. The fraction of sp³-hybridized carbons (Fsp3) is 0.154. The van der Waals surface area contributed by atoms with Gasteiger partial charge in [0.05, 0.1) is 11.2 Å². The van der Waals surface area contributed by atoms with Crippen LogP contribution in [0.3, 0.4) is 0 Å². The van der Waals surface area contributed by atoms with Crippen molar-refractivity contribution in [1.29, 1.82) is 0 Å². The number of hydrogen-bond acceptors (Lipinski definition) is 3. The van der Waals surface area contributed by atoms with Gasteiger partial charge in [0.2, 0.25) is 0 Å². The van der Waals surface area contributed by atoms with Crippen molar-refractivity contribution >= 4 is 17.3 Å². The summed E-state index contributed by atoms with van der Waals surface area (Å²) >= 11 is 5.84. The first kappa shape index (κ1) is 11.7. The first-order valence-electron chi connectivity index (χ1n) is 5.28. The van der Waals surface area contributed by atoms with Crippen LogP contribution in [0.1, 0.15) is 18.6 Å². The summed E-state index contributed by atoms with van der Waals surface area (Å²) in [4.78, 5) is 3.97. The number of pyridine rings is 1. The lowest BCUT2D eigenvalue weighted by Crippen LogP contribution is -2.03. The number of nitrogens with two attached hydrogens (primary N) is 1. The van der Waals surface area contributed by atoms with Crippen LogP contribution in [0.15, 0.2) is 42.7 Å². The van der Waals surface area contributed by atoms with Crippen LogP contribution < -0.4 is 10.5 Å². The average Bonchev–Trinajstić information content (AvgIpc) is 2.29. The van der Waals surface area contributed by atoms with Crippen molar-refractivity contribution < 1.29 is 4.74 Å². The SMILES string of the molecule is CC(Oc1cncc(Cl)c1)c1cccc(N)c1. The zero-order chi connectivity index (χ0) is 12.3. The number of ether oxygens (including phenoxy) is 1. The zero-order valence-electron chi connectivity index (χ0n) is 9.43. The van der Waals surface area contributed by atoms with Crippen molar-refractivity contribution in [2.45, 2.75) is 13.0 Å². The van der Waals surface area contributed by atoms with Gasteiger partial charge in [0.1, 0.15) is 11.9 Å². The molecule has 4 heteroatoms. The van der Waals surface area contributed by atoms with Crippen molar-refractivity contribution in [3.8, 4) is 5.75 Å². The van der Waals surface area contributed by atoms with Gasteiger partial charge in [-0.15, -0.1) is 0 Å². The predicted octanol–water partition coefficient (Wildman–Crippen LogP) is 3.46. The summed E-state index contributed by atoms with van der Waals surface area (Å²) in [7, 11) is 0. The van der Waals surface area contributed by atoms with Crippen LogP contribution in [0.5, 0.6) is 5.75 Å². The molecule has 0 aliphatic carbocycles. The molecule has 1 atom stereocenters. The number of hydrogen-bond donors (Lipinski definition) is 1. The molecule has 1 heterocycles. The Bertz CT molecular complexity index is 516. The van der Waals surface area contributed by atoms with Crippen LogP contribution in [0.4, 0.5) is 5.69 Å². The number of benzene rings is 1. The molecule has 0 saturated heterocycles. The van der Waals surface area contributed by atoms with E-state index in [2.05, 4.69) is 4.98 Å². The van der Waals surface area contributed by atoms with E-state index in [1.54, 1.807) is 18.5 Å². The van der Waals surface area contributed by atoms with E-state index in [4.69, 9.17) is 22.1 Å². The maximum absolute atomic E-state index is 5.84. The van der Waals surface area contributed by atoms with E-state index in [9.17, 15) is 0 Å². The normalized spacial score (nSPS) is 12.1. The first-order chi connectivity index (χ1) is 8.15. The monoisotopic (exact) mass is 248 g/mol. The number of aromatic nitrogens is 1. The molecular formula is C13H13ClN2O. The third kappa shape index (κ3) is 3.11. The number of anilines is 1. The molecule has 3 nitrogen and oxygen atoms in total. The van der Waals surface area contributed by atoms with Gasteiger partial charge in [0, 0.05) is 18.0 Å². The summed E-state index contributed by atoms with van der Waals surface area (Å²) in [6.45, 7) is 1.95. The van der Waals surface area contributed by atoms with Gasteiger partial charge >= 0.3 is 0 Å². The lowest BCUT2D eigenvalue weighted by molar-refractivity contribution is 0.226. The summed E-state index contributed by atoms with van der Waals surface area (Å²) in [6.07, 6.45) is 3.10. The van der Waals surface area contributed by atoms with Gasteiger partial charge in [-0.2, -0.15) is 0 Å². The third-order valence-electron chi connectivity index (χ3n) is 2.37. The van der Waals surface area contributed by atoms with E-state index >= 15 is 0 Å². The van der Waals surface area contributed by atoms with Crippen LogP contribution >= 0.6 is 11.6 Å². The fourth-order valence-electron chi connectivity index (χ4n) is 1.54. The highest BCUT2D eigenvalue weighted by Crippen LogP contribution is 2.24. The van der Waals surface area contributed by atoms with Crippen molar-refractivity contribution in [2.75, 3.05) is 5.73 Å². The first-order valence-corrected chi connectivity index (χ1v) is 5.65. The average molecular weight is 249 g/mol. The maximum atomic E-state index is 5.84. The highest BCUT2D eigenvalue weighted by Gasteiger charge is 2.07. The van der Waals surface area contributed by atoms with Gasteiger partial charge in [0.15, 0.2) is 0 Å². The Kier molecular flexibility index (Phi) is 3.49. The molecule has 0 fully saturated rings. The zero-order valence-corrected chi connectivity index (χ0v) is 10.2. The van der Waals surface area contributed by atoms with Crippen LogP contribution in [-0.4, -0.2) is 4.98 Å². The van der Waals surface area contributed by atoms with Gasteiger partial charge in [-0.3, -0.25) is 4.98 Å². The Morgan fingerprint density at radius 2 is 2.12 bits per heavy atom. The Balaban J connectivity index is 2.14. The Morgan fingerprint density at radius 3 is 2.82 bits per heavy atom. The van der Waals surface area contributed by atoms with Crippen LogP contribution in [0.2, 0.25) is 5.02 Å². The highest BCUT2D eigenvalue weighted by atomic mass is 35.5. The third-order valence-corrected chi connectivity index (χ3v) is 2.58. The van der Waals surface area contributed by atoms with Crippen LogP contribution in [-0.2, 0) is 0 Å². The van der Waals surface area contributed by atoms with E-state index in [-0.39, 0.29) is 6.10 Å². The minimum Gasteiger partial charge on any atom is -0.484 e. The molecule has 0 aliphatic rings. The second kappa shape index (κ2) is 5.06. The topological polar surface area (TPSA) is 48.1 Å². The molecule has 0 saturated carbocycles. The van der Waals surface area contributed by atoms with E-state index in [1.165, 1.54) is 0 Å². The summed E-state index contributed by atoms with van der Waals surface area (Å²) in [5.41, 5.74) is 7.47. The highest BCUT2D eigenvalue weighted by molar-refractivity contribution is 6.30. The second-order valence-corrected chi connectivity index (χ2v) is 4.21. The van der Waals surface area contributed by atoms with Gasteiger partial charge in [-0.1, -0.05) is 23.7 Å². The number of halogens is 1. The van der Waals surface area contributed by atoms with Crippen molar-refractivity contribution in [3.05, 3.63) is 53.3 Å². The molecule has 1 aromatic heterocycles. The predicted molar refractivity (Wildman–Crippen MR) is 69.1 cm³/mol. The van der Waals surface area contributed by atoms with Crippen molar-refractivity contribution in [1.82, 2.24) is 4.98 Å². The molecule has 2 rings (SSSR count). The van der Waals surface area contributed by atoms with E-state index in [0.717, 1.165) is 11.3 Å². The van der Waals surface area contributed by atoms with Gasteiger partial charge in [0.25, 0.3) is 0 Å². The Morgan fingerprint density at radius 1 is 1.29 bits per heavy atom. The largest absolute Gasteiger partial charge is 0.484 e. The summed E-state index contributed by atoms with van der Waals surface area (Å²) in [5, 5.41) is 0.558. The van der Waals surface area contributed by atoms with Gasteiger partial charge in [-0.25, -0.2) is 0 Å². The molecule has 17 heavy (non-hydrogen) atoms. The molecule has 0 aliphatic heterocycles. The lowest BCUT2D eigenvalue weighted by Gasteiger charge is -2.15. The van der Waals surface area contributed by atoms with E-state index in [0.29, 0.717) is 10.8 Å². The van der Waals surface area contributed by atoms with Crippen LogP contribution in [0.25, 0.3) is 0 Å². The maximum Gasteiger partial charge on any atom is 0.139 e. The van der Waals surface area contributed by atoms with Crippen molar-refractivity contribution in [2.24, 2.45) is 0 Å². The molecule has 88 valence electrons. The quantitative estimate of drug-likeness (QED) is 0.847. The second-order valence-electron chi connectivity index (χ2n) is 3.77. The minimum absolute atomic E-state index is 0.0984. The number of nitrogen functional groups attached to an aromatic ring is 1. The smallest absolute Gasteiger partial charge is 0.139 e. The molecular weight excluding hydrogens is 236 g/mol. The van der Waals surface area contributed by atoms with E-state index in [1.807, 2.05) is 31.2 Å². The summed E-state index contributed by atoms with van der Waals surface area (Å²) in [5.74, 6) is 0.646. The molecule has 1 aromatic carbocycles. The van der Waals surface area contributed by atoms with Crippen molar-refractivity contribution in [3.63, 3.8) is 0 Å². The molecule has 1 unspecified atom stereocenters. The number of nitrogens with zero attached hydrogens (tertiary/aromatic N) is 1. The standard InChI is InChI=1S/C13H13ClN2O/c1-9(10-3-2-4-12(15)5-10)17-13-6-11(14)7-16-8-13/h2-9H,15H2,1H3. The fourth-order valence-corrected chi connectivity index (χ4v) is 1.70. The molecule has 0 bridgehead atoms. The molecule has 2 aromatic rings. The summed E-state index contributed by atoms with van der Waals surface area (Å²) in [6, 6.07) is 9.34. The van der Waals surface area contributed by atoms with E-state index < -0.39 is 0 Å². The Labute approximate surface area is 105 Å². The molecule has 0 spiro atoms. The molecule has 2 N–H and O–H groups in total. The lowest BCUT2D eigenvalue weighted by atomic mass is 10.1. The minimum atomic E-state index is -0.0984. The van der Waals surface area contributed by atoms with Crippen LogP contribution in [0, 0.1) is 0 Å². The molecule has 0 radical (unpaired) electrons.